The van der Waals surface area contributed by atoms with Gasteiger partial charge in [-0.15, -0.1) is 0 Å². The van der Waals surface area contributed by atoms with Crippen LogP contribution in [0.4, 0.5) is 11.4 Å². The van der Waals surface area contributed by atoms with Gasteiger partial charge >= 0.3 is 0 Å². The monoisotopic (exact) mass is 630 g/mol. The molecule has 2 atom stereocenters. The Morgan fingerprint density at radius 2 is 1.27 bits per heavy atom. The van der Waals surface area contributed by atoms with E-state index in [2.05, 4.69) is 164 Å². The van der Waals surface area contributed by atoms with Gasteiger partial charge in [0, 0.05) is 39.2 Å². The van der Waals surface area contributed by atoms with E-state index in [1.165, 1.54) is 5.56 Å². The van der Waals surface area contributed by atoms with Crippen molar-refractivity contribution in [3.8, 4) is 40.1 Å². The van der Waals surface area contributed by atoms with Crippen LogP contribution >= 0.6 is 0 Å². The average molecular weight is 631 g/mol. The normalized spacial score (nSPS) is 17.0. The second-order valence-electron chi connectivity index (χ2n) is 13.0. The number of anilines is 2. The molecule has 0 spiro atoms. The Labute approximate surface area is 287 Å². The number of nitrogens with zero attached hydrogens (tertiary/aromatic N) is 4. The van der Waals surface area contributed by atoms with Crippen molar-refractivity contribution in [2.45, 2.75) is 32.2 Å². The zero-order chi connectivity index (χ0) is 33.7. The van der Waals surface area contributed by atoms with Gasteiger partial charge in [0.15, 0.2) is 0 Å². The Hall–Kier alpha value is -6.36. The third-order valence-electron chi connectivity index (χ3n) is 10.3. The molecule has 1 aliphatic rings. The molecule has 49 heavy (non-hydrogen) atoms. The van der Waals surface area contributed by atoms with E-state index < -0.39 is 0 Å². The second-order valence-corrected chi connectivity index (χ2v) is 13.0. The summed E-state index contributed by atoms with van der Waals surface area (Å²) in [5.74, 6) is 0. The van der Waals surface area contributed by atoms with Gasteiger partial charge in [-0.3, -0.25) is 0 Å². The number of benzene rings is 6. The molecule has 7 aromatic rings. The molecule has 4 heteroatoms. The molecule has 0 saturated heterocycles. The molecule has 0 N–H and O–H groups in total. The molecule has 4 nitrogen and oxygen atoms in total. The zero-order valence-electron chi connectivity index (χ0n) is 27.7. The summed E-state index contributed by atoms with van der Waals surface area (Å²) in [6, 6.07) is 51.0. The lowest BCUT2D eigenvalue weighted by Gasteiger charge is -2.32. The number of rotatable bonds is 5. The highest BCUT2D eigenvalue weighted by atomic mass is 15.2. The third-order valence-corrected chi connectivity index (χ3v) is 10.3. The Kier molecular flexibility index (Phi) is 7.17. The quantitative estimate of drug-likeness (QED) is 0.178. The predicted octanol–water partition coefficient (Wildman–Crippen LogP) is 11.2. The van der Waals surface area contributed by atoms with Crippen LogP contribution in [-0.4, -0.2) is 10.6 Å². The number of aromatic nitrogens is 1. The topological polar surface area (TPSA) is 55.8 Å². The first-order valence-electron chi connectivity index (χ1n) is 16.7. The summed E-state index contributed by atoms with van der Waals surface area (Å²) < 4.78 is 2.28. The highest BCUT2D eigenvalue weighted by Crippen LogP contribution is 2.50. The first-order chi connectivity index (χ1) is 24.0. The summed E-state index contributed by atoms with van der Waals surface area (Å²) in [5, 5.41) is 22.7. The van der Waals surface area contributed by atoms with Crippen LogP contribution in [0.15, 0.2) is 146 Å². The van der Waals surface area contributed by atoms with Gasteiger partial charge < -0.3 is 9.47 Å². The van der Waals surface area contributed by atoms with E-state index in [9.17, 15) is 10.5 Å². The average Bonchev–Trinajstić information content (AvgIpc) is 3.60. The summed E-state index contributed by atoms with van der Waals surface area (Å²) in [7, 11) is 0. The minimum Gasteiger partial charge on any atom is -0.337 e. The van der Waals surface area contributed by atoms with Crippen LogP contribution in [0.5, 0.6) is 0 Å². The minimum absolute atomic E-state index is 0.124. The first kappa shape index (κ1) is 30.0. The largest absolute Gasteiger partial charge is 0.337 e. The third kappa shape index (κ3) is 4.65. The molecule has 2 heterocycles. The Morgan fingerprint density at radius 1 is 0.633 bits per heavy atom. The number of hydrogen-bond acceptors (Lipinski definition) is 3. The molecule has 234 valence electrons. The summed E-state index contributed by atoms with van der Waals surface area (Å²) in [5.41, 5.74) is 11.5. The number of allylic oxidation sites excluding steroid dienone is 1. The molecule has 0 amide bonds. The molecule has 2 unspecified atom stereocenters. The van der Waals surface area contributed by atoms with Crippen molar-refractivity contribution in [2.75, 3.05) is 4.90 Å². The lowest BCUT2D eigenvalue weighted by molar-refractivity contribution is 0.516. The molecule has 0 aliphatic carbocycles. The maximum Gasteiger partial charge on any atom is 0.0992 e. The van der Waals surface area contributed by atoms with Crippen molar-refractivity contribution in [1.82, 2.24) is 4.57 Å². The molecule has 0 bridgehead atoms. The van der Waals surface area contributed by atoms with Gasteiger partial charge in [0.25, 0.3) is 0 Å². The number of fused-ring (bicyclic) bond motifs is 4. The summed E-state index contributed by atoms with van der Waals surface area (Å²) in [6.07, 6.45) is 4.43. The summed E-state index contributed by atoms with van der Waals surface area (Å²) >= 11 is 0. The van der Waals surface area contributed by atoms with Crippen molar-refractivity contribution in [3.63, 3.8) is 0 Å². The fourth-order valence-corrected chi connectivity index (χ4v) is 7.92. The summed E-state index contributed by atoms with van der Waals surface area (Å²) in [6.45, 7) is 6.63. The maximum atomic E-state index is 10.3. The lowest BCUT2D eigenvalue weighted by atomic mass is 9.79. The SMILES string of the molecule is C/C=C\C1(C)c2ccccc2N(c2cc(C#N)cc(-c3ccccc3-c3ccc(C#N)cc3-n3c4ccccc4c4ccccc43)c2)C1C. The van der Waals surface area contributed by atoms with Crippen molar-refractivity contribution in [1.29, 1.82) is 10.5 Å². The van der Waals surface area contributed by atoms with Crippen molar-refractivity contribution < 1.29 is 0 Å². The van der Waals surface area contributed by atoms with Crippen molar-refractivity contribution in [2.24, 2.45) is 0 Å². The highest BCUT2D eigenvalue weighted by molar-refractivity contribution is 6.10. The van der Waals surface area contributed by atoms with Crippen LogP contribution in [0.2, 0.25) is 0 Å². The van der Waals surface area contributed by atoms with E-state index in [0.29, 0.717) is 11.1 Å². The Morgan fingerprint density at radius 3 is 1.96 bits per heavy atom. The first-order valence-corrected chi connectivity index (χ1v) is 16.7. The maximum absolute atomic E-state index is 10.3. The van der Waals surface area contributed by atoms with Crippen LogP contribution in [0.1, 0.15) is 37.5 Å². The molecule has 0 saturated carbocycles. The number of para-hydroxylation sites is 3. The lowest BCUT2D eigenvalue weighted by Crippen LogP contribution is -2.37. The van der Waals surface area contributed by atoms with Gasteiger partial charge in [-0.05, 0) is 91.6 Å². The van der Waals surface area contributed by atoms with Crippen LogP contribution < -0.4 is 4.90 Å². The van der Waals surface area contributed by atoms with E-state index in [1.807, 2.05) is 24.3 Å². The predicted molar refractivity (Wildman–Crippen MR) is 201 cm³/mol. The standard InChI is InChI=1S/C45H34N4/c1-4-23-45(3)30(2)48(43-20-12-9-17-40(43)45)34-25-32(29-47)24-33(27-34)35-13-5-6-14-36(35)39-22-21-31(28-46)26-44(39)49-41-18-10-7-15-37(41)38-16-8-11-19-42(38)49/h4-27,30H,1-3H3/b23-4-. The Balaban J connectivity index is 1.36. The van der Waals surface area contributed by atoms with Gasteiger partial charge in [-0.1, -0.05) is 97.1 Å². The molecule has 1 aromatic heterocycles. The fourth-order valence-electron chi connectivity index (χ4n) is 7.92. The van der Waals surface area contributed by atoms with E-state index in [0.717, 1.165) is 61.1 Å². The van der Waals surface area contributed by atoms with Crippen LogP contribution in [0, 0.1) is 22.7 Å². The molecular formula is C45H34N4. The van der Waals surface area contributed by atoms with Gasteiger partial charge in [-0.2, -0.15) is 10.5 Å². The molecule has 6 aromatic carbocycles. The minimum atomic E-state index is -0.189. The van der Waals surface area contributed by atoms with Crippen LogP contribution in [0.25, 0.3) is 49.7 Å². The van der Waals surface area contributed by atoms with Gasteiger partial charge in [0.05, 0.1) is 40.0 Å². The number of nitriles is 2. The van der Waals surface area contributed by atoms with Gasteiger partial charge in [-0.25, -0.2) is 0 Å². The van der Waals surface area contributed by atoms with E-state index >= 15 is 0 Å². The van der Waals surface area contributed by atoms with E-state index in [-0.39, 0.29) is 11.5 Å². The highest BCUT2D eigenvalue weighted by Gasteiger charge is 2.44. The van der Waals surface area contributed by atoms with E-state index in [4.69, 9.17) is 0 Å². The van der Waals surface area contributed by atoms with Gasteiger partial charge in [0.2, 0.25) is 0 Å². The number of hydrogen-bond donors (Lipinski definition) is 0. The van der Waals surface area contributed by atoms with E-state index in [1.54, 1.807) is 0 Å². The molecule has 8 rings (SSSR count). The van der Waals surface area contributed by atoms with Crippen LogP contribution in [0.3, 0.4) is 0 Å². The molecule has 1 aliphatic heterocycles. The molecule has 0 fully saturated rings. The fraction of sp³-hybridized carbons (Fsp3) is 0.111. The molecular weight excluding hydrogens is 597 g/mol. The van der Waals surface area contributed by atoms with Crippen LogP contribution in [-0.2, 0) is 5.41 Å². The van der Waals surface area contributed by atoms with Crippen molar-refractivity contribution >= 4 is 33.2 Å². The second kappa shape index (κ2) is 11.7. The summed E-state index contributed by atoms with van der Waals surface area (Å²) in [4.78, 5) is 2.38. The Bertz CT molecular complexity index is 2490. The van der Waals surface area contributed by atoms with Crippen molar-refractivity contribution in [3.05, 3.63) is 162 Å². The zero-order valence-corrected chi connectivity index (χ0v) is 27.7. The molecule has 0 radical (unpaired) electrons. The van der Waals surface area contributed by atoms with Gasteiger partial charge in [0.1, 0.15) is 0 Å². The smallest absolute Gasteiger partial charge is 0.0992 e.